The van der Waals surface area contributed by atoms with Crippen molar-refractivity contribution in [1.29, 1.82) is 0 Å². The Hall–Kier alpha value is -1.71. The largest absolute Gasteiger partial charge is 0.247 e. The van der Waals surface area contributed by atoms with Crippen LogP contribution in [0, 0.1) is 11.5 Å². The van der Waals surface area contributed by atoms with Crippen molar-refractivity contribution < 1.29 is 8.42 Å². The third kappa shape index (κ3) is 3.65. The minimum absolute atomic E-state index is 0.147. The molecule has 0 saturated carbocycles. The lowest BCUT2D eigenvalue weighted by atomic mass is 10.1. The highest BCUT2D eigenvalue weighted by Crippen LogP contribution is 2.15. The Bertz CT molecular complexity index is 828. The Balaban J connectivity index is 2.49. The highest BCUT2D eigenvalue weighted by molar-refractivity contribution is 7.90. The van der Waals surface area contributed by atoms with E-state index in [0.29, 0.717) is 5.52 Å². The molecule has 6 heteroatoms. The van der Waals surface area contributed by atoms with E-state index in [9.17, 15) is 8.42 Å². The van der Waals surface area contributed by atoms with Gasteiger partial charge in [0.25, 0.3) is 0 Å². The molecule has 1 aromatic carbocycles. The molecule has 0 atom stereocenters. The molecular weight excluding hydrogens is 288 g/mol. The van der Waals surface area contributed by atoms with Gasteiger partial charge >= 0.3 is 0 Å². The van der Waals surface area contributed by atoms with Crippen LogP contribution in [0.1, 0.15) is 5.56 Å². The fraction of sp³-hybridized carbons (Fsp3) is 0.286. The van der Waals surface area contributed by atoms with Gasteiger partial charge in [-0.2, -0.15) is 0 Å². The van der Waals surface area contributed by atoms with Gasteiger partial charge in [-0.15, -0.1) is 5.54 Å². The van der Waals surface area contributed by atoms with Crippen LogP contribution in [0.4, 0.5) is 0 Å². The Kier molecular flexibility index (Phi) is 3.67. The van der Waals surface area contributed by atoms with Crippen LogP contribution < -0.4 is 0 Å². The number of hydrogen-bond donors (Lipinski definition) is 0. The van der Waals surface area contributed by atoms with E-state index in [1.165, 1.54) is 6.20 Å². The van der Waals surface area contributed by atoms with E-state index in [-0.39, 0.29) is 5.16 Å². The molecule has 0 saturated heterocycles. The topological polar surface area (TPSA) is 59.9 Å². The first-order chi connectivity index (χ1) is 9.15. The van der Waals surface area contributed by atoms with Crippen molar-refractivity contribution in [2.75, 3.05) is 6.26 Å². The molecule has 0 unspecified atom stereocenters. The van der Waals surface area contributed by atoms with Gasteiger partial charge < -0.3 is 0 Å². The predicted molar refractivity (Wildman–Crippen MR) is 82.9 cm³/mol. The molecule has 1 heterocycles. The second-order valence-corrected chi connectivity index (χ2v) is 12.4. The molecule has 0 spiro atoms. The Morgan fingerprint density at radius 1 is 1.20 bits per heavy atom. The first kappa shape index (κ1) is 14.7. The summed E-state index contributed by atoms with van der Waals surface area (Å²) in [5, 5.41) is 0.644. The fourth-order valence-corrected chi connectivity index (χ4v) is 2.56. The summed E-state index contributed by atoms with van der Waals surface area (Å²) in [6.07, 6.45) is 2.63. The maximum atomic E-state index is 11.4. The molecule has 0 aliphatic carbocycles. The zero-order valence-electron chi connectivity index (χ0n) is 11.9. The SMILES string of the molecule is C[Si](C)(C)C#Cc1ccc2nc(S(C)(=O)=O)ncc2c1. The molecule has 4 nitrogen and oxygen atoms in total. The fourth-order valence-electron chi connectivity index (χ4n) is 1.53. The smallest absolute Gasteiger partial charge is 0.226 e. The number of aromatic nitrogens is 2. The molecule has 0 aliphatic rings. The van der Waals surface area contributed by atoms with Gasteiger partial charge in [-0.1, -0.05) is 25.6 Å². The molecule has 0 fully saturated rings. The summed E-state index contributed by atoms with van der Waals surface area (Å²) in [6, 6.07) is 5.52. The molecule has 20 heavy (non-hydrogen) atoms. The van der Waals surface area contributed by atoms with Crippen LogP contribution in [0.15, 0.2) is 29.6 Å². The van der Waals surface area contributed by atoms with Crippen LogP contribution in [0.3, 0.4) is 0 Å². The molecule has 2 rings (SSSR count). The summed E-state index contributed by atoms with van der Waals surface area (Å²) in [4.78, 5) is 7.95. The lowest BCUT2D eigenvalue weighted by Crippen LogP contribution is -2.16. The van der Waals surface area contributed by atoms with Crippen molar-refractivity contribution in [3.05, 3.63) is 30.0 Å². The quantitative estimate of drug-likeness (QED) is 0.461. The van der Waals surface area contributed by atoms with Crippen LogP contribution in [0.5, 0.6) is 0 Å². The number of nitrogens with zero attached hydrogens (tertiary/aromatic N) is 2. The summed E-state index contributed by atoms with van der Waals surface area (Å²) >= 11 is 0. The molecular formula is C14H16N2O2SSi. The van der Waals surface area contributed by atoms with E-state index < -0.39 is 17.9 Å². The highest BCUT2D eigenvalue weighted by atomic mass is 32.2. The van der Waals surface area contributed by atoms with Gasteiger partial charge in [0.2, 0.25) is 15.0 Å². The summed E-state index contributed by atoms with van der Waals surface area (Å²) in [5.41, 5.74) is 4.80. The van der Waals surface area contributed by atoms with Crippen LogP contribution in [0.2, 0.25) is 19.6 Å². The number of rotatable bonds is 1. The monoisotopic (exact) mass is 304 g/mol. The van der Waals surface area contributed by atoms with Gasteiger partial charge in [0.1, 0.15) is 8.07 Å². The van der Waals surface area contributed by atoms with E-state index in [2.05, 4.69) is 41.1 Å². The number of fused-ring (bicyclic) bond motifs is 1. The van der Waals surface area contributed by atoms with Crippen LogP contribution >= 0.6 is 0 Å². The van der Waals surface area contributed by atoms with Gasteiger partial charge in [-0.05, 0) is 18.2 Å². The van der Waals surface area contributed by atoms with Gasteiger partial charge in [-0.3, -0.25) is 0 Å². The third-order valence-electron chi connectivity index (χ3n) is 2.47. The number of hydrogen-bond acceptors (Lipinski definition) is 4. The lowest BCUT2D eigenvalue weighted by Gasteiger charge is -2.04. The lowest BCUT2D eigenvalue weighted by molar-refractivity contribution is 0.594. The van der Waals surface area contributed by atoms with Gasteiger partial charge in [0, 0.05) is 23.4 Å². The second-order valence-electron chi connectivity index (χ2n) is 5.70. The normalized spacial score (nSPS) is 12.0. The van der Waals surface area contributed by atoms with E-state index in [1.807, 2.05) is 12.1 Å². The van der Waals surface area contributed by atoms with Crippen molar-refractivity contribution in [3.63, 3.8) is 0 Å². The minimum Gasteiger partial charge on any atom is -0.226 e. The first-order valence-electron chi connectivity index (χ1n) is 6.15. The Labute approximate surface area is 120 Å². The average Bonchev–Trinajstić information content (AvgIpc) is 2.33. The summed E-state index contributed by atoms with van der Waals surface area (Å²) < 4.78 is 22.8. The molecule has 0 N–H and O–H groups in total. The van der Waals surface area contributed by atoms with Gasteiger partial charge in [0.15, 0.2) is 0 Å². The average molecular weight is 304 g/mol. The van der Waals surface area contributed by atoms with E-state index in [1.54, 1.807) is 6.07 Å². The molecule has 0 amide bonds. The van der Waals surface area contributed by atoms with Crippen LogP contribution in [-0.2, 0) is 9.84 Å². The highest BCUT2D eigenvalue weighted by Gasteiger charge is 2.11. The zero-order chi connectivity index (χ0) is 15.0. The van der Waals surface area contributed by atoms with Crippen LogP contribution in [-0.4, -0.2) is 32.7 Å². The van der Waals surface area contributed by atoms with Crippen molar-refractivity contribution in [1.82, 2.24) is 9.97 Å². The second kappa shape index (κ2) is 5.00. The Morgan fingerprint density at radius 3 is 2.50 bits per heavy atom. The molecule has 0 bridgehead atoms. The van der Waals surface area contributed by atoms with Crippen molar-refractivity contribution in [2.24, 2.45) is 0 Å². The third-order valence-corrected chi connectivity index (χ3v) is 4.21. The summed E-state index contributed by atoms with van der Waals surface area (Å²) in [7, 11) is -4.79. The summed E-state index contributed by atoms with van der Waals surface area (Å²) in [6.45, 7) is 6.55. The molecule has 1 aromatic heterocycles. The van der Waals surface area contributed by atoms with Crippen molar-refractivity contribution in [2.45, 2.75) is 24.8 Å². The van der Waals surface area contributed by atoms with Crippen molar-refractivity contribution in [3.8, 4) is 11.5 Å². The predicted octanol–water partition coefficient (Wildman–Crippen LogP) is 2.26. The number of benzene rings is 1. The van der Waals surface area contributed by atoms with E-state index >= 15 is 0 Å². The number of sulfone groups is 1. The molecule has 2 aromatic rings. The van der Waals surface area contributed by atoms with Gasteiger partial charge in [0.05, 0.1) is 5.52 Å². The summed E-state index contributed by atoms with van der Waals surface area (Å²) in [5.74, 6) is 3.16. The molecule has 104 valence electrons. The standard InChI is InChI=1S/C14H16N2O2SSi/c1-19(17,18)14-15-10-12-9-11(5-6-13(12)16-14)7-8-20(2,3)4/h5-6,9-10H,1-4H3. The first-order valence-corrected chi connectivity index (χ1v) is 11.5. The minimum atomic E-state index is -3.38. The van der Waals surface area contributed by atoms with Gasteiger partial charge in [-0.25, -0.2) is 18.4 Å². The van der Waals surface area contributed by atoms with E-state index in [4.69, 9.17) is 0 Å². The molecule has 0 radical (unpaired) electrons. The van der Waals surface area contributed by atoms with Crippen LogP contribution in [0.25, 0.3) is 10.9 Å². The zero-order valence-corrected chi connectivity index (χ0v) is 13.7. The Morgan fingerprint density at radius 2 is 1.90 bits per heavy atom. The maximum absolute atomic E-state index is 11.4. The maximum Gasteiger partial charge on any atom is 0.247 e. The molecule has 0 aliphatic heterocycles. The van der Waals surface area contributed by atoms with E-state index in [0.717, 1.165) is 17.2 Å². The van der Waals surface area contributed by atoms with Crippen molar-refractivity contribution >= 4 is 28.8 Å².